The molecule has 1 aliphatic rings. The molecule has 114 valence electrons. The highest BCUT2D eigenvalue weighted by Gasteiger charge is 2.26. The summed E-state index contributed by atoms with van der Waals surface area (Å²) in [6.07, 6.45) is 1.56. The molecule has 1 saturated heterocycles. The van der Waals surface area contributed by atoms with Gasteiger partial charge in [-0.25, -0.2) is 0 Å². The molecule has 0 bridgehead atoms. The lowest BCUT2D eigenvalue weighted by Crippen LogP contribution is -2.31. The van der Waals surface area contributed by atoms with Crippen molar-refractivity contribution in [3.05, 3.63) is 71.8 Å². The molecule has 0 radical (unpaired) electrons. The van der Waals surface area contributed by atoms with Gasteiger partial charge in [0.25, 0.3) is 0 Å². The van der Waals surface area contributed by atoms with E-state index in [2.05, 4.69) is 12.1 Å². The zero-order chi connectivity index (χ0) is 15.2. The van der Waals surface area contributed by atoms with Crippen LogP contribution in [0.5, 0.6) is 0 Å². The van der Waals surface area contributed by atoms with Crippen molar-refractivity contribution in [3.63, 3.8) is 0 Å². The van der Waals surface area contributed by atoms with Gasteiger partial charge in [-0.2, -0.15) is 0 Å². The van der Waals surface area contributed by atoms with Crippen molar-refractivity contribution in [2.24, 2.45) is 0 Å². The molecule has 1 heterocycles. The predicted octanol–water partition coefficient (Wildman–Crippen LogP) is 3.05. The van der Waals surface area contributed by atoms with Crippen LogP contribution >= 0.6 is 0 Å². The van der Waals surface area contributed by atoms with E-state index in [4.69, 9.17) is 4.74 Å². The Balaban J connectivity index is 1.46. The summed E-state index contributed by atoms with van der Waals surface area (Å²) in [5.74, 6) is 0.192. The molecule has 3 rings (SSSR count). The zero-order valence-electron chi connectivity index (χ0n) is 12.7. The SMILES string of the molecule is O=C(Cc1ccccc1)N1CCC(OCc2ccccc2)C1. The maximum atomic E-state index is 12.3. The molecular formula is C19H21NO2. The molecule has 0 spiro atoms. The van der Waals surface area contributed by atoms with Gasteiger partial charge >= 0.3 is 0 Å². The van der Waals surface area contributed by atoms with Gasteiger partial charge in [0.15, 0.2) is 0 Å². The Morgan fingerprint density at radius 3 is 2.32 bits per heavy atom. The number of ether oxygens (including phenoxy) is 1. The Hall–Kier alpha value is -2.13. The van der Waals surface area contributed by atoms with Crippen molar-refractivity contribution in [2.45, 2.75) is 25.6 Å². The third-order valence-electron chi connectivity index (χ3n) is 4.02. The normalized spacial score (nSPS) is 17.6. The molecular weight excluding hydrogens is 274 g/mol. The summed E-state index contributed by atoms with van der Waals surface area (Å²) in [4.78, 5) is 14.2. The van der Waals surface area contributed by atoms with E-state index < -0.39 is 0 Å². The third-order valence-corrected chi connectivity index (χ3v) is 4.02. The number of rotatable bonds is 5. The molecule has 1 atom stereocenters. The second-order valence-corrected chi connectivity index (χ2v) is 5.71. The molecule has 0 aromatic heterocycles. The minimum atomic E-state index is 0.153. The topological polar surface area (TPSA) is 29.5 Å². The van der Waals surface area contributed by atoms with Crippen molar-refractivity contribution < 1.29 is 9.53 Å². The van der Waals surface area contributed by atoms with Crippen molar-refractivity contribution in [2.75, 3.05) is 13.1 Å². The van der Waals surface area contributed by atoms with Crippen molar-refractivity contribution in [3.8, 4) is 0 Å². The standard InChI is InChI=1S/C19H21NO2/c21-19(13-16-7-3-1-4-8-16)20-12-11-18(14-20)22-15-17-9-5-2-6-10-17/h1-10,18H,11-15H2. The zero-order valence-corrected chi connectivity index (χ0v) is 12.7. The number of hydrogen-bond acceptors (Lipinski definition) is 2. The average Bonchev–Trinajstić information content (AvgIpc) is 3.04. The molecule has 0 aliphatic carbocycles. The summed E-state index contributed by atoms with van der Waals surface area (Å²) in [5, 5.41) is 0. The second-order valence-electron chi connectivity index (χ2n) is 5.71. The van der Waals surface area contributed by atoms with Crippen LogP contribution < -0.4 is 0 Å². The number of carbonyl (C=O) groups is 1. The predicted molar refractivity (Wildman–Crippen MR) is 86.4 cm³/mol. The first-order chi connectivity index (χ1) is 10.8. The van der Waals surface area contributed by atoms with Gasteiger partial charge in [-0.1, -0.05) is 60.7 Å². The summed E-state index contributed by atoms with van der Waals surface area (Å²) in [6.45, 7) is 2.12. The minimum Gasteiger partial charge on any atom is -0.372 e. The number of amides is 1. The van der Waals surface area contributed by atoms with Gasteiger partial charge in [0.2, 0.25) is 5.91 Å². The number of benzene rings is 2. The quantitative estimate of drug-likeness (QED) is 0.848. The van der Waals surface area contributed by atoms with Gasteiger partial charge < -0.3 is 9.64 Å². The van der Waals surface area contributed by atoms with E-state index in [0.717, 1.165) is 18.5 Å². The Labute approximate surface area is 131 Å². The molecule has 3 nitrogen and oxygen atoms in total. The maximum Gasteiger partial charge on any atom is 0.227 e. The number of carbonyl (C=O) groups excluding carboxylic acids is 1. The maximum absolute atomic E-state index is 12.3. The smallest absolute Gasteiger partial charge is 0.227 e. The molecule has 1 amide bonds. The van der Waals surface area contributed by atoms with E-state index in [1.807, 2.05) is 53.4 Å². The summed E-state index contributed by atoms with van der Waals surface area (Å²) in [6, 6.07) is 20.1. The number of nitrogens with zero attached hydrogens (tertiary/aromatic N) is 1. The van der Waals surface area contributed by atoms with E-state index in [1.54, 1.807) is 0 Å². The van der Waals surface area contributed by atoms with E-state index in [1.165, 1.54) is 5.56 Å². The monoisotopic (exact) mass is 295 g/mol. The van der Waals surface area contributed by atoms with E-state index >= 15 is 0 Å². The summed E-state index contributed by atoms with van der Waals surface area (Å²) < 4.78 is 5.93. The van der Waals surface area contributed by atoms with Crippen LogP contribution in [0.15, 0.2) is 60.7 Å². The van der Waals surface area contributed by atoms with Crippen LogP contribution in [-0.4, -0.2) is 30.0 Å². The lowest BCUT2D eigenvalue weighted by molar-refractivity contribution is -0.130. The van der Waals surface area contributed by atoms with Gasteiger partial charge in [0.05, 0.1) is 19.1 Å². The fraction of sp³-hybridized carbons (Fsp3) is 0.316. The molecule has 0 N–H and O–H groups in total. The summed E-state index contributed by atoms with van der Waals surface area (Å²) in [7, 11) is 0. The van der Waals surface area contributed by atoms with Crippen LogP contribution in [0, 0.1) is 0 Å². The fourth-order valence-corrected chi connectivity index (χ4v) is 2.76. The first-order valence-electron chi connectivity index (χ1n) is 7.78. The molecule has 1 unspecified atom stereocenters. The second kappa shape index (κ2) is 7.23. The fourth-order valence-electron chi connectivity index (χ4n) is 2.76. The molecule has 1 aliphatic heterocycles. The average molecular weight is 295 g/mol. The van der Waals surface area contributed by atoms with Crippen molar-refractivity contribution in [1.82, 2.24) is 4.90 Å². The molecule has 1 fully saturated rings. The van der Waals surface area contributed by atoms with Crippen LogP contribution in [0.25, 0.3) is 0 Å². The van der Waals surface area contributed by atoms with E-state index in [9.17, 15) is 4.79 Å². The largest absolute Gasteiger partial charge is 0.372 e. The number of likely N-dealkylation sites (tertiary alicyclic amines) is 1. The van der Waals surface area contributed by atoms with Crippen LogP contribution in [0.2, 0.25) is 0 Å². The lowest BCUT2D eigenvalue weighted by atomic mass is 10.1. The van der Waals surface area contributed by atoms with Gasteiger partial charge in [-0.05, 0) is 17.5 Å². The van der Waals surface area contributed by atoms with Crippen LogP contribution in [0.1, 0.15) is 17.5 Å². The van der Waals surface area contributed by atoms with Crippen molar-refractivity contribution >= 4 is 5.91 Å². The molecule has 22 heavy (non-hydrogen) atoms. The number of hydrogen-bond donors (Lipinski definition) is 0. The van der Waals surface area contributed by atoms with Gasteiger partial charge in [0, 0.05) is 13.1 Å². The first kappa shape index (κ1) is 14.8. The van der Waals surface area contributed by atoms with Gasteiger partial charge in [0.1, 0.15) is 0 Å². The molecule has 2 aromatic rings. The molecule has 2 aromatic carbocycles. The Kier molecular flexibility index (Phi) is 4.86. The first-order valence-corrected chi connectivity index (χ1v) is 7.78. The van der Waals surface area contributed by atoms with Crippen LogP contribution in [-0.2, 0) is 22.6 Å². The summed E-state index contributed by atoms with van der Waals surface area (Å²) in [5.41, 5.74) is 2.25. The molecule has 3 heteroatoms. The lowest BCUT2D eigenvalue weighted by Gasteiger charge is -2.17. The highest BCUT2D eigenvalue weighted by molar-refractivity contribution is 5.79. The van der Waals surface area contributed by atoms with E-state index in [0.29, 0.717) is 19.6 Å². The molecule has 0 saturated carbocycles. The Bertz CT molecular complexity index is 597. The Morgan fingerprint density at radius 2 is 1.64 bits per heavy atom. The van der Waals surface area contributed by atoms with E-state index in [-0.39, 0.29) is 12.0 Å². The third kappa shape index (κ3) is 3.95. The minimum absolute atomic E-state index is 0.153. The Morgan fingerprint density at radius 1 is 1.00 bits per heavy atom. The highest BCUT2D eigenvalue weighted by atomic mass is 16.5. The summed E-state index contributed by atoms with van der Waals surface area (Å²) >= 11 is 0. The van der Waals surface area contributed by atoms with Gasteiger partial charge in [-0.15, -0.1) is 0 Å². The van der Waals surface area contributed by atoms with Crippen molar-refractivity contribution in [1.29, 1.82) is 0 Å². The highest BCUT2D eigenvalue weighted by Crippen LogP contribution is 2.16. The van der Waals surface area contributed by atoms with Crippen LogP contribution in [0.4, 0.5) is 0 Å². The van der Waals surface area contributed by atoms with Crippen LogP contribution in [0.3, 0.4) is 0 Å². The van der Waals surface area contributed by atoms with Gasteiger partial charge in [-0.3, -0.25) is 4.79 Å².